The molecule has 0 aliphatic heterocycles. The van der Waals surface area contributed by atoms with Crippen LogP contribution in [-0.2, 0) is 28.0 Å². The highest BCUT2D eigenvalue weighted by Gasteiger charge is 2.25. The van der Waals surface area contributed by atoms with E-state index >= 15 is 0 Å². The van der Waals surface area contributed by atoms with Gasteiger partial charge in [-0.25, -0.2) is 4.79 Å². The molecular weight excluding hydrogens is 371 g/mol. The van der Waals surface area contributed by atoms with E-state index in [2.05, 4.69) is 9.51 Å². The van der Waals surface area contributed by atoms with Crippen molar-refractivity contribution in [1.82, 2.24) is 9.55 Å². The Labute approximate surface area is 150 Å². The molecule has 1 unspecified atom stereocenters. The number of rotatable bonds is 12. The second-order valence-electron chi connectivity index (χ2n) is 5.49. The van der Waals surface area contributed by atoms with Gasteiger partial charge in [0.05, 0.1) is 19.3 Å². The molecule has 0 aliphatic carbocycles. The largest absolute Gasteiger partial charge is 0.380 e. The van der Waals surface area contributed by atoms with Gasteiger partial charge in [0.2, 0.25) is 0 Å². The fraction of sp³-hybridized carbons (Fsp3) is 0.714. The van der Waals surface area contributed by atoms with Crippen molar-refractivity contribution in [3.63, 3.8) is 0 Å². The number of H-pyrrole nitrogens is 1. The SMILES string of the molecule is COC[C@@H](O[C@H](COC(C)C)OCP(=O)(O)OC)n1ccc(=O)[nH]c1=O. The van der Waals surface area contributed by atoms with Crippen LogP contribution in [0.3, 0.4) is 0 Å². The Balaban J connectivity index is 2.95. The van der Waals surface area contributed by atoms with Gasteiger partial charge in [-0.1, -0.05) is 0 Å². The van der Waals surface area contributed by atoms with Crippen molar-refractivity contribution in [2.45, 2.75) is 32.5 Å². The first kappa shape index (κ1) is 22.7. The number of nitrogens with one attached hydrogen (secondary N) is 1. The Kier molecular flexibility index (Phi) is 9.37. The maximum atomic E-state index is 12.0. The molecule has 0 saturated heterocycles. The first-order valence-electron chi connectivity index (χ1n) is 7.75. The average molecular weight is 396 g/mol. The van der Waals surface area contributed by atoms with Crippen LogP contribution in [0, 0.1) is 0 Å². The van der Waals surface area contributed by atoms with E-state index in [0.29, 0.717) is 0 Å². The van der Waals surface area contributed by atoms with E-state index in [9.17, 15) is 19.0 Å². The fourth-order valence-electron chi connectivity index (χ4n) is 1.78. The highest BCUT2D eigenvalue weighted by molar-refractivity contribution is 7.52. The lowest BCUT2D eigenvalue weighted by Gasteiger charge is -2.26. The van der Waals surface area contributed by atoms with Crippen molar-refractivity contribution in [1.29, 1.82) is 0 Å². The molecule has 0 radical (unpaired) electrons. The fourth-order valence-corrected chi connectivity index (χ4v) is 2.24. The molecule has 2 N–H and O–H groups in total. The minimum atomic E-state index is -3.93. The molecule has 0 amide bonds. The number of methoxy groups -OCH3 is 1. The van der Waals surface area contributed by atoms with Crippen LogP contribution >= 0.6 is 7.60 Å². The van der Waals surface area contributed by atoms with E-state index in [1.165, 1.54) is 13.3 Å². The molecule has 26 heavy (non-hydrogen) atoms. The zero-order chi connectivity index (χ0) is 19.7. The van der Waals surface area contributed by atoms with Gasteiger partial charge in [0.1, 0.15) is 0 Å². The molecule has 0 aliphatic rings. The highest BCUT2D eigenvalue weighted by Crippen LogP contribution is 2.40. The molecule has 1 aromatic rings. The van der Waals surface area contributed by atoms with Gasteiger partial charge in [-0.15, -0.1) is 0 Å². The molecular formula is C14H25N2O9P. The summed E-state index contributed by atoms with van der Waals surface area (Å²) in [4.78, 5) is 34.8. The van der Waals surface area contributed by atoms with Gasteiger partial charge in [0.25, 0.3) is 5.56 Å². The number of ether oxygens (including phenoxy) is 4. The predicted octanol–water partition coefficient (Wildman–Crippen LogP) is 0.255. The average Bonchev–Trinajstić information content (AvgIpc) is 2.56. The van der Waals surface area contributed by atoms with Crippen LogP contribution in [0.5, 0.6) is 0 Å². The molecule has 0 fully saturated rings. The van der Waals surface area contributed by atoms with Gasteiger partial charge in [-0.05, 0) is 13.8 Å². The summed E-state index contributed by atoms with van der Waals surface area (Å²) >= 11 is 0. The third kappa shape index (κ3) is 7.92. The van der Waals surface area contributed by atoms with E-state index < -0.39 is 37.7 Å². The van der Waals surface area contributed by atoms with Crippen LogP contribution in [0.4, 0.5) is 0 Å². The minimum Gasteiger partial charge on any atom is -0.380 e. The third-order valence-electron chi connectivity index (χ3n) is 3.05. The van der Waals surface area contributed by atoms with Gasteiger partial charge in [-0.2, -0.15) is 0 Å². The molecule has 1 aromatic heterocycles. The lowest BCUT2D eigenvalue weighted by Crippen LogP contribution is -2.38. The Morgan fingerprint density at radius 2 is 1.92 bits per heavy atom. The van der Waals surface area contributed by atoms with Gasteiger partial charge >= 0.3 is 13.3 Å². The van der Waals surface area contributed by atoms with Crippen molar-refractivity contribution >= 4 is 7.60 Å². The van der Waals surface area contributed by atoms with Crippen LogP contribution in [0.2, 0.25) is 0 Å². The summed E-state index contributed by atoms with van der Waals surface area (Å²) in [7, 11) is -1.44. The first-order valence-corrected chi connectivity index (χ1v) is 9.51. The van der Waals surface area contributed by atoms with E-state index in [1.807, 2.05) is 0 Å². The molecule has 150 valence electrons. The molecule has 0 aromatic carbocycles. The van der Waals surface area contributed by atoms with Crippen LogP contribution in [0.25, 0.3) is 0 Å². The van der Waals surface area contributed by atoms with Crippen LogP contribution < -0.4 is 11.2 Å². The summed E-state index contributed by atoms with van der Waals surface area (Å²) < 4.78 is 38.6. The molecule has 0 bridgehead atoms. The highest BCUT2D eigenvalue weighted by atomic mass is 31.2. The van der Waals surface area contributed by atoms with Crippen LogP contribution in [0.15, 0.2) is 21.9 Å². The topological polar surface area (TPSA) is 138 Å². The van der Waals surface area contributed by atoms with Crippen molar-refractivity contribution in [2.24, 2.45) is 0 Å². The Bertz CT molecular complexity index is 702. The van der Waals surface area contributed by atoms with Crippen molar-refractivity contribution in [2.75, 3.05) is 33.8 Å². The predicted molar refractivity (Wildman–Crippen MR) is 91.0 cm³/mol. The number of nitrogens with zero attached hydrogens (tertiary/aromatic N) is 1. The van der Waals surface area contributed by atoms with Gasteiger partial charge in [-0.3, -0.25) is 18.9 Å². The van der Waals surface area contributed by atoms with E-state index in [-0.39, 0.29) is 19.3 Å². The van der Waals surface area contributed by atoms with Crippen molar-refractivity contribution < 1.29 is 32.9 Å². The minimum absolute atomic E-state index is 0.0471. The molecule has 3 atom stereocenters. The second-order valence-corrected chi connectivity index (χ2v) is 7.39. The molecule has 1 heterocycles. The summed E-state index contributed by atoms with van der Waals surface area (Å²) in [5.74, 6) is 0. The standard InChI is InChI=1S/C14H25N2O9P/c1-10(2)23-8-13(24-9-26(19,20)22-4)25-12(7-21-3)16-6-5-11(17)15-14(16)18/h5-6,10,12-13H,7-9H2,1-4H3,(H,19,20)(H,15,17,18)/t12-,13-/m1/s1. The first-order chi connectivity index (χ1) is 12.2. The third-order valence-corrected chi connectivity index (χ3v) is 4.10. The Morgan fingerprint density at radius 1 is 1.23 bits per heavy atom. The second kappa shape index (κ2) is 10.7. The summed E-state index contributed by atoms with van der Waals surface area (Å²) in [6, 6.07) is 1.15. The van der Waals surface area contributed by atoms with Crippen molar-refractivity contribution in [3.8, 4) is 0 Å². The van der Waals surface area contributed by atoms with Crippen LogP contribution in [0.1, 0.15) is 20.1 Å². The number of aromatic amines is 1. The number of hydrogen-bond acceptors (Lipinski definition) is 8. The molecule has 11 nitrogen and oxygen atoms in total. The Hall–Kier alpha value is -1.33. The molecule has 1 rings (SSSR count). The van der Waals surface area contributed by atoms with Gasteiger partial charge < -0.3 is 28.4 Å². The van der Waals surface area contributed by atoms with Crippen LogP contribution in [-0.4, -0.2) is 60.6 Å². The van der Waals surface area contributed by atoms with E-state index in [1.54, 1.807) is 13.8 Å². The van der Waals surface area contributed by atoms with Crippen molar-refractivity contribution in [3.05, 3.63) is 33.1 Å². The lowest BCUT2D eigenvalue weighted by molar-refractivity contribution is -0.220. The number of aromatic nitrogens is 2. The zero-order valence-electron chi connectivity index (χ0n) is 15.1. The summed E-state index contributed by atoms with van der Waals surface area (Å²) in [6.07, 6.45) is -1.59. The summed E-state index contributed by atoms with van der Waals surface area (Å²) in [5, 5.41) is 0. The maximum absolute atomic E-state index is 12.0. The molecule has 0 spiro atoms. The molecule has 12 heteroatoms. The van der Waals surface area contributed by atoms with Gasteiger partial charge in [0.15, 0.2) is 18.9 Å². The maximum Gasteiger partial charge on any atom is 0.353 e. The van der Waals surface area contributed by atoms with E-state index in [0.717, 1.165) is 17.7 Å². The van der Waals surface area contributed by atoms with Gasteiger partial charge in [0, 0.05) is 26.5 Å². The Morgan fingerprint density at radius 3 is 2.46 bits per heavy atom. The normalized spacial score (nSPS) is 16.4. The quantitative estimate of drug-likeness (QED) is 0.376. The molecule has 0 saturated carbocycles. The monoisotopic (exact) mass is 396 g/mol. The van der Waals surface area contributed by atoms with E-state index in [4.69, 9.17) is 18.9 Å². The smallest absolute Gasteiger partial charge is 0.353 e. The zero-order valence-corrected chi connectivity index (χ0v) is 16.0. The summed E-state index contributed by atoms with van der Waals surface area (Å²) in [6.45, 7) is 3.47. The lowest BCUT2D eigenvalue weighted by atomic mass is 10.5. The summed E-state index contributed by atoms with van der Waals surface area (Å²) in [5.41, 5.74) is -1.26. The number of hydrogen-bond donors (Lipinski definition) is 2.